The van der Waals surface area contributed by atoms with E-state index < -0.39 is 0 Å². The number of piperazine rings is 1. The molecule has 2 N–H and O–H groups in total. The van der Waals surface area contributed by atoms with Crippen LogP contribution in [0.1, 0.15) is 12.8 Å². The number of hydrogen-bond acceptors (Lipinski definition) is 3. The molecule has 0 spiro atoms. The van der Waals surface area contributed by atoms with Crippen molar-refractivity contribution in [1.29, 1.82) is 0 Å². The van der Waals surface area contributed by atoms with Crippen LogP contribution >= 0.6 is 0 Å². The number of nitrogens with zero attached hydrogens (tertiary/aromatic N) is 1. The quantitative estimate of drug-likeness (QED) is 0.565. The molecule has 2 atom stereocenters. The third-order valence-electron chi connectivity index (χ3n) is 3.13. The first-order valence-corrected chi connectivity index (χ1v) is 4.96. The molecule has 2 fully saturated rings. The average Bonchev–Trinajstić information content (AvgIpc) is 2.17. The van der Waals surface area contributed by atoms with Gasteiger partial charge < -0.3 is 10.4 Å². The smallest absolute Gasteiger partial charge is 0.0471 e. The van der Waals surface area contributed by atoms with Crippen LogP contribution in [0.3, 0.4) is 0 Å². The Hall–Kier alpha value is -0.120. The van der Waals surface area contributed by atoms with E-state index in [-0.39, 0.29) is 0 Å². The summed E-state index contributed by atoms with van der Waals surface area (Å²) in [7, 11) is 0. The molecule has 0 radical (unpaired) electrons. The Kier molecular flexibility index (Phi) is 2.63. The molecule has 0 aliphatic carbocycles. The van der Waals surface area contributed by atoms with Crippen LogP contribution in [-0.2, 0) is 0 Å². The predicted octanol–water partition coefficient (Wildman–Crippen LogP) is -0.337. The van der Waals surface area contributed by atoms with Crippen molar-refractivity contribution in [3.05, 3.63) is 0 Å². The second kappa shape index (κ2) is 3.73. The molecule has 2 heterocycles. The van der Waals surface area contributed by atoms with Crippen LogP contribution in [0, 0.1) is 5.92 Å². The highest BCUT2D eigenvalue weighted by atomic mass is 16.3. The molecule has 3 nitrogen and oxygen atoms in total. The van der Waals surface area contributed by atoms with Crippen molar-refractivity contribution < 1.29 is 5.11 Å². The summed E-state index contributed by atoms with van der Waals surface area (Å²) in [5.41, 5.74) is 0. The Morgan fingerprint density at radius 1 is 1.42 bits per heavy atom. The van der Waals surface area contributed by atoms with E-state index in [1.807, 2.05) is 0 Å². The van der Waals surface area contributed by atoms with Crippen LogP contribution in [0.25, 0.3) is 0 Å². The zero-order valence-electron chi connectivity index (χ0n) is 7.50. The summed E-state index contributed by atoms with van der Waals surface area (Å²) >= 11 is 0. The zero-order valence-corrected chi connectivity index (χ0v) is 7.50. The Labute approximate surface area is 73.8 Å². The first-order chi connectivity index (χ1) is 5.90. The molecule has 0 aromatic heterocycles. The minimum absolute atomic E-state index is 0.372. The molecule has 0 saturated carbocycles. The molecule has 0 unspecified atom stereocenters. The second-order valence-electron chi connectivity index (χ2n) is 3.98. The maximum atomic E-state index is 9.04. The molecule has 2 rings (SSSR count). The second-order valence-corrected chi connectivity index (χ2v) is 3.98. The van der Waals surface area contributed by atoms with E-state index in [2.05, 4.69) is 10.2 Å². The van der Waals surface area contributed by atoms with Crippen molar-refractivity contribution in [2.75, 3.05) is 32.8 Å². The minimum atomic E-state index is 0.372. The standard InChI is InChI=1S/C9H18N2O/c12-7-8-1-2-9-5-10-3-4-11(9)6-8/h8-10,12H,1-7H2/t8-,9+/m0/s1. The van der Waals surface area contributed by atoms with E-state index in [0.717, 1.165) is 25.7 Å². The number of nitrogens with one attached hydrogen (secondary N) is 1. The molecule has 0 aromatic rings. The lowest BCUT2D eigenvalue weighted by atomic mass is 9.92. The SMILES string of the molecule is OC[C@H]1CC[C@@H]2CNCCN2C1. The van der Waals surface area contributed by atoms with Gasteiger partial charge in [-0.05, 0) is 18.8 Å². The molecule has 0 bridgehead atoms. The molecule has 0 amide bonds. The van der Waals surface area contributed by atoms with E-state index in [0.29, 0.717) is 12.5 Å². The van der Waals surface area contributed by atoms with E-state index in [1.165, 1.54) is 19.4 Å². The topological polar surface area (TPSA) is 35.5 Å². The van der Waals surface area contributed by atoms with Crippen LogP contribution in [0.15, 0.2) is 0 Å². The zero-order chi connectivity index (χ0) is 8.39. The highest BCUT2D eigenvalue weighted by Crippen LogP contribution is 2.22. The van der Waals surface area contributed by atoms with Crippen LogP contribution in [0.4, 0.5) is 0 Å². The van der Waals surface area contributed by atoms with Gasteiger partial charge >= 0.3 is 0 Å². The van der Waals surface area contributed by atoms with Gasteiger partial charge in [0, 0.05) is 38.8 Å². The maximum absolute atomic E-state index is 9.04. The van der Waals surface area contributed by atoms with Crippen molar-refractivity contribution >= 4 is 0 Å². The van der Waals surface area contributed by atoms with Gasteiger partial charge in [-0.3, -0.25) is 4.90 Å². The van der Waals surface area contributed by atoms with Crippen molar-refractivity contribution in [1.82, 2.24) is 10.2 Å². The summed E-state index contributed by atoms with van der Waals surface area (Å²) in [5.74, 6) is 0.541. The lowest BCUT2D eigenvalue weighted by Gasteiger charge is -2.42. The van der Waals surface area contributed by atoms with Gasteiger partial charge in [-0.25, -0.2) is 0 Å². The molecule has 70 valence electrons. The summed E-state index contributed by atoms with van der Waals surface area (Å²) < 4.78 is 0. The van der Waals surface area contributed by atoms with Gasteiger partial charge in [-0.1, -0.05) is 0 Å². The highest BCUT2D eigenvalue weighted by Gasteiger charge is 2.29. The molecular formula is C9H18N2O. The Morgan fingerprint density at radius 2 is 2.33 bits per heavy atom. The minimum Gasteiger partial charge on any atom is -0.396 e. The van der Waals surface area contributed by atoms with Crippen molar-refractivity contribution in [2.24, 2.45) is 5.92 Å². The van der Waals surface area contributed by atoms with Crippen LogP contribution in [0.2, 0.25) is 0 Å². The van der Waals surface area contributed by atoms with E-state index in [4.69, 9.17) is 5.11 Å². The molecule has 2 saturated heterocycles. The van der Waals surface area contributed by atoms with Gasteiger partial charge in [0.15, 0.2) is 0 Å². The summed E-state index contributed by atoms with van der Waals surface area (Å²) in [6.07, 6.45) is 2.47. The Bertz CT molecular complexity index is 151. The Morgan fingerprint density at radius 3 is 3.17 bits per heavy atom. The van der Waals surface area contributed by atoms with Crippen LogP contribution < -0.4 is 5.32 Å². The van der Waals surface area contributed by atoms with Gasteiger partial charge in [-0.15, -0.1) is 0 Å². The van der Waals surface area contributed by atoms with Gasteiger partial charge in [0.1, 0.15) is 0 Å². The number of aliphatic hydroxyl groups excluding tert-OH is 1. The molecule has 2 aliphatic heterocycles. The first kappa shape index (κ1) is 8.48. The lowest BCUT2D eigenvalue weighted by Crippen LogP contribution is -2.55. The fourth-order valence-electron chi connectivity index (χ4n) is 2.33. The summed E-state index contributed by atoms with van der Waals surface area (Å²) in [4.78, 5) is 2.53. The van der Waals surface area contributed by atoms with E-state index in [1.54, 1.807) is 0 Å². The lowest BCUT2D eigenvalue weighted by molar-refractivity contribution is 0.0599. The fraction of sp³-hybridized carbons (Fsp3) is 1.00. The van der Waals surface area contributed by atoms with Gasteiger partial charge in [0.2, 0.25) is 0 Å². The maximum Gasteiger partial charge on any atom is 0.0471 e. The number of hydrogen-bond donors (Lipinski definition) is 2. The highest BCUT2D eigenvalue weighted by molar-refractivity contribution is 4.86. The van der Waals surface area contributed by atoms with Gasteiger partial charge in [0.25, 0.3) is 0 Å². The van der Waals surface area contributed by atoms with Gasteiger partial charge in [-0.2, -0.15) is 0 Å². The largest absolute Gasteiger partial charge is 0.396 e. The molecule has 0 aromatic carbocycles. The summed E-state index contributed by atoms with van der Waals surface area (Å²) in [6.45, 7) is 4.92. The Balaban J connectivity index is 1.90. The van der Waals surface area contributed by atoms with E-state index >= 15 is 0 Å². The first-order valence-electron chi connectivity index (χ1n) is 4.96. The van der Waals surface area contributed by atoms with Crippen molar-refractivity contribution in [3.63, 3.8) is 0 Å². The third-order valence-corrected chi connectivity index (χ3v) is 3.13. The van der Waals surface area contributed by atoms with E-state index in [9.17, 15) is 0 Å². The molecule has 2 aliphatic rings. The number of aliphatic hydroxyl groups is 1. The van der Waals surface area contributed by atoms with Crippen LogP contribution in [-0.4, -0.2) is 48.8 Å². The number of fused-ring (bicyclic) bond motifs is 1. The predicted molar refractivity (Wildman–Crippen MR) is 48.0 cm³/mol. The van der Waals surface area contributed by atoms with Crippen LogP contribution in [0.5, 0.6) is 0 Å². The third kappa shape index (κ3) is 1.63. The van der Waals surface area contributed by atoms with Crippen molar-refractivity contribution in [2.45, 2.75) is 18.9 Å². The summed E-state index contributed by atoms with van der Waals surface area (Å²) in [6, 6.07) is 0.751. The monoisotopic (exact) mass is 170 g/mol. The fourth-order valence-corrected chi connectivity index (χ4v) is 2.33. The number of rotatable bonds is 1. The number of piperidine rings is 1. The molecular weight excluding hydrogens is 152 g/mol. The van der Waals surface area contributed by atoms with Crippen molar-refractivity contribution in [3.8, 4) is 0 Å². The average molecular weight is 170 g/mol. The normalized spacial score (nSPS) is 37.8. The molecule has 12 heavy (non-hydrogen) atoms. The van der Waals surface area contributed by atoms with Gasteiger partial charge in [0.05, 0.1) is 0 Å². The summed E-state index contributed by atoms with van der Waals surface area (Å²) in [5, 5.41) is 12.5. The molecule has 3 heteroatoms.